The molecule has 2 nitrogen and oxygen atoms in total. The highest BCUT2D eigenvalue weighted by atomic mass is 16.3. The molecule has 0 aromatic carbocycles. The lowest BCUT2D eigenvalue weighted by Crippen LogP contribution is -2.29. The third-order valence-corrected chi connectivity index (χ3v) is 2.06. The lowest BCUT2D eigenvalue weighted by Gasteiger charge is -2.27. The van der Waals surface area contributed by atoms with Crippen molar-refractivity contribution < 1.29 is 10.2 Å². The van der Waals surface area contributed by atoms with E-state index in [2.05, 4.69) is 20.8 Å². The Bertz CT molecular complexity index is 233. The molecule has 0 spiro atoms. The van der Waals surface area contributed by atoms with Crippen LogP contribution in [-0.4, -0.2) is 22.4 Å². The minimum Gasteiger partial charge on any atom is -0.386 e. The molecule has 0 aromatic rings. The van der Waals surface area contributed by atoms with Gasteiger partial charge in [-0.1, -0.05) is 39.0 Å². The first kappa shape index (κ1) is 10.5. The fourth-order valence-electron chi connectivity index (χ4n) is 1.49. The quantitative estimate of drug-likeness (QED) is 0.647. The summed E-state index contributed by atoms with van der Waals surface area (Å²) < 4.78 is 0. The Hall–Kier alpha value is -0.600. The lowest BCUT2D eigenvalue weighted by molar-refractivity contribution is 0.0660. The summed E-state index contributed by atoms with van der Waals surface area (Å²) in [7, 11) is 0. The van der Waals surface area contributed by atoms with E-state index in [0.717, 1.165) is 12.0 Å². The monoisotopic (exact) mass is 182 g/mol. The Balaban J connectivity index is 2.69. The van der Waals surface area contributed by atoms with Gasteiger partial charge in [0.15, 0.2) is 0 Å². The van der Waals surface area contributed by atoms with E-state index >= 15 is 0 Å². The van der Waals surface area contributed by atoms with Gasteiger partial charge in [0.1, 0.15) is 12.2 Å². The van der Waals surface area contributed by atoms with Crippen LogP contribution in [0, 0.1) is 5.41 Å². The zero-order chi connectivity index (χ0) is 10.1. The third-order valence-electron chi connectivity index (χ3n) is 2.06. The van der Waals surface area contributed by atoms with Gasteiger partial charge < -0.3 is 10.2 Å². The molecule has 2 N–H and O–H groups in total. The zero-order valence-electron chi connectivity index (χ0n) is 8.49. The lowest BCUT2D eigenvalue weighted by atomic mass is 9.83. The number of hydrogen-bond donors (Lipinski definition) is 2. The smallest absolute Gasteiger partial charge is 0.105 e. The molecule has 0 radical (unpaired) electrons. The van der Waals surface area contributed by atoms with Crippen molar-refractivity contribution in [2.24, 2.45) is 5.41 Å². The predicted octanol–water partition coefficient (Wildman–Crippen LogP) is 1.64. The number of rotatable bonds is 1. The number of aliphatic hydroxyl groups is 2. The maximum atomic E-state index is 9.63. The minimum atomic E-state index is -0.734. The summed E-state index contributed by atoms with van der Waals surface area (Å²) in [5.41, 5.74) is 1.07. The van der Waals surface area contributed by atoms with Crippen molar-refractivity contribution in [1.82, 2.24) is 0 Å². The Kier molecular flexibility index (Phi) is 2.94. The Morgan fingerprint density at radius 2 is 1.92 bits per heavy atom. The predicted molar refractivity (Wildman–Crippen MR) is 53.3 cm³/mol. The fourth-order valence-corrected chi connectivity index (χ4v) is 1.49. The second-order valence-corrected chi connectivity index (χ2v) is 4.80. The van der Waals surface area contributed by atoms with E-state index in [9.17, 15) is 10.2 Å². The molecule has 2 heteroatoms. The van der Waals surface area contributed by atoms with Crippen molar-refractivity contribution in [3.05, 3.63) is 23.8 Å². The van der Waals surface area contributed by atoms with Gasteiger partial charge in [0, 0.05) is 0 Å². The highest BCUT2D eigenvalue weighted by molar-refractivity contribution is 5.25. The van der Waals surface area contributed by atoms with Crippen LogP contribution in [0.2, 0.25) is 0 Å². The van der Waals surface area contributed by atoms with Gasteiger partial charge in [-0.3, -0.25) is 0 Å². The second-order valence-electron chi connectivity index (χ2n) is 4.80. The molecule has 0 aliphatic heterocycles. The molecule has 0 bridgehead atoms. The maximum absolute atomic E-state index is 9.63. The molecular formula is C11H18O2. The van der Waals surface area contributed by atoms with Crippen molar-refractivity contribution in [3.63, 3.8) is 0 Å². The van der Waals surface area contributed by atoms with Crippen molar-refractivity contribution in [3.8, 4) is 0 Å². The summed E-state index contributed by atoms with van der Waals surface area (Å²) in [6, 6.07) is 0. The zero-order valence-corrected chi connectivity index (χ0v) is 8.49. The van der Waals surface area contributed by atoms with Crippen LogP contribution in [-0.2, 0) is 0 Å². The first-order valence-electron chi connectivity index (χ1n) is 4.63. The largest absolute Gasteiger partial charge is 0.386 e. The van der Waals surface area contributed by atoms with Crippen LogP contribution < -0.4 is 0 Å². The summed E-state index contributed by atoms with van der Waals surface area (Å²) in [6.07, 6.45) is 4.67. The van der Waals surface area contributed by atoms with Crippen molar-refractivity contribution >= 4 is 0 Å². The van der Waals surface area contributed by atoms with Crippen LogP contribution in [0.4, 0.5) is 0 Å². The highest BCUT2D eigenvalue weighted by Gasteiger charge is 2.24. The molecule has 0 amide bonds. The van der Waals surface area contributed by atoms with Gasteiger partial charge in [-0.2, -0.15) is 0 Å². The molecule has 1 aliphatic rings. The summed E-state index contributed by atoms with van der Waals surface area (Å²) in [4.78, 5) is 0. The number of allylic oxidation sites excluding steroid dienone is 2. The molecule has 1 rings (SSSR count). The van der Waals surface area contributed by atoms with E-state index in [1.54, 1.807) is 12.2 Å². The van der Waals surface area contributed by atoms with E-state index in [-0.39, 0.29) is 5.41 Å². The van der Waals surface area contributed by atoms with Crippen molar-refractivity contribution in [1.29, 1.82) is 0 Å². The fraction of sp³-hybridized carbons (Fsp3) is 0.636. The van der Waals surface area contributed by atoms with Gasteiger partial charge in [0.05, 0.1) is 0 Å². The van der Waals surface area contributed by atoms with Crippen LogP contribution in [0.15, 0.2) is 23.8 Å². The molecule has 0 fully saturated rings. The SMILES string of the molecule is CC(C)(C)CC1=CC=C[C@H](O)[C@@H]1O. The van der Waals surface area contributed by atoms with E-state index in [4.69, 9.17) is 0 Å². The third kappa shape index (κ3) is 2.98. The standard InChI is InChI=1S/C11H18O2/c1-11(2,3)7-8-5-4-6-9(12)10(8)13/h4-6,9-10,12-13H,7H2,1-3H3/t9-,10+/m0/s1. The molecule has 0 saturated carbocycles. The Labute approximate surface area is 79.6 Å². The molecule has 0 saturated heterocycles. The first-order chi connectivity index (χ1) is 5.90. The first-order valence-corrected chi connectivity index (χ1v) is 4.63. The van der Waals surface area contributed by atoms with Crippen LogP contribution in [0.25, 0.3) is 0 Å². The van der Waals surface area contributed by atoms with Crippen LogP contribution in [0.5, 0.6) is 0 Å². The van der Waals surface area contributed by atoms with E-state index in [1.807, 2.05) is 6.08 Å². The highest BCUT2D eigenvalue weighted by Crippen LogP contribution is 2.28. The molecule has 0 aromatic heterocycles. The maximum Gasteiger partial charge on any atom is 0.105 e. The molecular weight excluding hydrogens is 164 g/mol. The van der Waals surface area contributed by atoms with Gasteiger partial charge in [0.25, 0.3) is 0 Å². The van der Waals surface area contributed by atoms with Gasteiger partial charge in [-0.25, -0.2) is 0 Å². The summed E-state index contributed by atoms with van der Waals surface area (Å²) in [6.45, 7) is 6.35. The van der Waals surface area contributed by atoms with Gasteiger partial charge in [0.2, 0.25) is 0 Å². The molecule has 1 aliphatic carbocycles. The Morgan fingerprint density at radius 1 is 1.31 bits per heavy atom. The topological polar surface area (TPSA) is 40.5 Å². The minimum absolute atomic E-state index is 0.151. The summed E-state index contributed by atoms with van der Waals surface area (Å²) in [5.74, 6) is 0. The van der Waals surface area contributed by atoms with Gasteiger partial charge in [-0.05, 0) is 17.4 Å². The van der Waals surface area contributed by atoms with Crippen LogP contribution >= 0.6 is 0 Å². The number of aliphatic hydroxyl groups excluding tert-OH is 2. The molecule has 0 unspecified atom stereocenters. The molecule has 74 valence electrons. The van der Waals surface area contributed by atoms with Crippen LogP contribution in [0.3, 0.4) is 0 Å². The van der Waals surface area contributed by atoms with E-state index < -0.39 is 12.2 Å². The van der Waals surface area contributed by atoms with E-state index in [0.29, 0.717) is 0 Å². The number of hydrogen-bond acceptors (Lipinski definition) is 2. The van der Waals surface area contributed by atoms with Crippen molar-refractivity contribution in [2.45, 2.75) is 39.4 Å². The van der Waals surface area contributed by atoms with Gasteiger partial charge in [-0.15, -0.1) is 0 Å². The average molecular weight is 182 g/mol. The van der Waals surface area contributed by atoms with Gasteiger partial charge >= 0.3 is 0 Å². The molecule has 0 heterocycles. The van der Waals surface area contributed by atoms with Crippen molar-refractivity contribution in [2.75, 3.05) is 0 Å². The normalized spacial score (nSPS) is 28.8. The average Bonchev–Trinajstić information content (AvgIpc) is 1.96. The summed E-state index contributed by atoms with van der Waals surface area (Å²) >= 11 is 0. The second kappa shape index (κ2) is 3.64. The molecule has 2 atom stereocenters. The van der Waals surface area contributed by atoms with E-state index in [1.165, 1.54) is 0 Å². The summed E-state index contributed by atoms with van der Waals surface area (Å²) in [5, 5.41) is 19.0. The molecule has 13 heavy (non-hydrogen) atoms. The van der Waals surface area contributed by atoms with Crippen LogP contribution in [0.1, 0.15) is 27.2 Å². The Morgan fingerprint density at radius 3 is 2.46 bits per heavy atom.